The van der Waals surface area contributed by atoms with Crippen LogP contribution >= 0.6 is 11.6 Å². The number of nitrogens with one attached hydrogen (secondary N) is 1. The molecule has 0 saturated carbocycles. The van der Waals surface area contributed by atoms with Crippen molar-refractivity contribution in [1.29, 1.82) is 0 Å². The maximum Gasteiger partial charge on any atom is 0.301 e. The van der Waals surface area contributed by atoms with Gasteiger partial charge in [0.1, 0.15) is 11.5 Å². The van der Waals surface area contributed by atoms with Gasteiger partial charge in [-0.25, -0.2) is 4.98 Å². The summed E-state index contributed by atoms with van der Waals surface area (Å²) in [4.78, 5) is 14.4. The van der Waals surface area contributed by atoms with Gasteiger partial charge in [0.15, 0.2) is 5.65 Å². The summed E-state index contributed by atoms with van der Waals surface area (Å²) in [6, 6.07) is 16.8. The molecule has 3 heterocycles. The van der Waals surface area contributed by atoms with Crippen molar-refractivity contribution in [2.24, 2.45) is 0 Å². The number of phenols is 1. The van der Waals surface area contributed by atoms with Crippen molar-refractivity contribution < 1.29 is 14.6 Å². The molecule has 0 radical (unpaired) electrons. The van der Waals surface area contributed by atoms with Crippen molar-refractivity contribution in [2.45, 2.75) is 0 Å². The van der Waals surface area contributed by atoms with Gasteiger partial charge in [-0.15, -0.1) is 0 Å². The Balaban J connectivity index is 1.42. The van der Waals surface area contributed by atoms with Gasteiger partial charge in [0.05, 0.1) is 29.4 Å². The van der Waals surface area contributed by atoms with E-state index in [4.69, 9.17) is 21.1 Å². The summed E-state index contributed by atoms with van der Waals surface area (Å²) in [5, 5.41) is 10.1. The SMILES string of the molecule is Oc1cccc(Oc2nc3nc(-c4ccc(N5CCOCC5)cc4)c(Cl)cc3[nH]2)c1. The minimum absolute atomic E-state index is 0.118. The lowest BCUT2D eigenvalue weighted by molar-refractivity contribution is 0.122. The highest BCUT2D eigenvalue weighted by atomic mass is 35.5. The standard InChI is InChI=1S/C22H19ClN4O3/c23-18-13-19-21(26-22(24-19)30-17-3-1-2-16(28)12-17)25-20(18)14-4-6-15(7-5-14)27-8-10-29-11-9-27/h1-7,12-13,28H,8-11H2,(H,24,25,26). The summed E-state index contributed by atoms with van der Waals surface area (Å²) >= 11 is 6.51. The summed E-state index contributed by atoms with van der Waals surface area (Å²) < 4.78 is 11.1. The average molecular weight is 423 g/mol. The van der Waals surface area contributed by atoms with Crippen LogP contribution in [-0.2, 0) is 4.74 Å². The van der Waals surface area contributed by atoms with E-state index < -0.39 is 0 Å². The maximum absolute atomic E-state index is 9.58. The number of morpholine rings is 1. The number of rotatable bonds is 4. The van der Waals surface area contributed by atoms with Gasteiger partial charge < -0.3 is 24.5 Å². The number of fused-ring (bicyclic) bond motifs is 1. The highest BCUT2D eigenvalue weighted by molar-refractivity contribution is 6.33. The molecule has 0 aliphatic carbocycles. The number of phenolic OH excluding ortho intramolecular Hbond substituents is 1. The zero-order valence-electron chi connectivity index (χ0n) is 16.0. The molecular weight excluding hydrogens is 404 g/mol. The first-order chi connectivity index (χ1) is 14.7. The third-order valence-corrected chi connectivity index (χ3v) is 5.24. The molecule has 0 bridgehead atoms. The largest absolute Gasteiger partial charge is 0.508 e. The van der Waals surface area contributed by atoms with Crippen molar-refractivity contribution in [3.63, 3.8) is 0 Å². The molecule has 0 amide bonds. The van der Waals surface area contributed by atoms with Crippen molar-refractivity contribution >= 4 is 28.5 Å². The number of ether oxygens (including phenoxy) is 2. The lowest BCUT2D eigenvalue weighted by atomic mass is 10.1. The Labute approximate surface area is 177 Å². The Bertz CT molecular complexity index is 1190. The van der Waals surface area contributed by atoms with Crippen LogP contribution in [0.25, 0.3) is 22.4 Å². The van der Waals surface area contributed by atoms with Gasteiger partial charge in [0.2, 0.25) is 0 Å². The molecular formula is C22H19ClN4O3. The molecule has 30 heavy (non-hydrogen) atoms. The van der Waals surface area contributed by atoms with Gasteiger partial charge >= 0.3 is 6.01 Å². The van der Waals surface area contributed by atoms with E-state index in [0.29, 0.717) is 27.6 Å². The van der Waals surface area contributed by atoms with Gasteiger partial charge in [0.25, 0.3) is 0 Å². The molecule has 8 heteroatoms. The quantitative estimate of drug-likeness (QED) is 0.499. The molecule has 2 aromatic heterocycles. The number of hydrogen-bond donors (Lipinski definition) is 2. The minimum Gasteiger partial charge on any atom is -0.508 e. The van der Waals surface area contributed by atoms with Crippen molar-refractivity contribution in [3.05, 3.63) is 59.6 Å². The van der Waals surface area contributed by atoms with Crippen LogP contribution in [-0.4, -0.2) is 46.4 Å². The van der Waals surface area contributed by atoms with Crippen LogP contribution in [0.1, 0.15) is 0 Å². The molecule has 1 aliphatic rings. The van der Waals surface area contributed by atoms with Crippen LogP contribution < -0.4 is 9.64 Å². The van der Waals surface area contributed by atoms with E-state index in [2.05, 4.69) is 32.0 Å². The van der Waals surface area contributed by atoms with Crippen molar-refractivity contribution in [3.8, 4) is 28.8 Å². The van der Waals surface area contributed by atoms with Crippen molar-refractivity contribution in [2.75, 3.05) is 31.2 Å². The van der Waals surface area contributed by atoms with Crippen LogP contribution in [0.5, 0.6) is 17.5 Å². The normalized spacial score (nSPS) is 14.2. The predicted molar refractivity (Wildman–Crippen MR) is 116 cm³/mol. The summed E-state index contributed by atoms with van der Waals surface area (Å²) in [7, 11) is 0. The second-order valence-corrected chi connectivity index (χ2v) is 7.38. The molecule has 1 saturated heterocycles. The van der Waals surface area contributed by atoms with E-state index >= 15 is 0 Å². The molecule has 2 N–H and O–H groups in total. The Morgan fingerprint density at radius 3 is 2.60 bits per heavy atom. The lowest BCUT2D eigenvalue weighted by Crippen LogP contribution is -2.36. The monoisotopic (exact) mass is 422 g/mol. The fraction of sp³-hybridized carbons (Fsp3) is 0.182. The van der Waals surface area contributed by atoms with Crippen molar-refractivity contribution in [1.82, 2.24) is 15.0 Å². The first kappa shape index (κ1) is 18.7. The topological polar surface area (TPSA) is 83.5 Å². The second-order valence-electron chi connectivity index (χ2n) is 6.98. The van der Waals surface area contributed by atoms with Crippen LogP contribution in [0.4, 0.5) is 5.69 Å². The molecule has 0 atom stereocenters. The smallest absolute Gasteiger partial charge is 0.301 e. The van der Waals surface area contributed by atoms with Crippen LogP contribution in [0, 0.1) is 0 Å². The summed E-state index contributed by atoms with van der Waals surface area (Å²) in [5.74, 6) is 0.590. The van der Waals surface area contributed by atoms with Gasteiger partial charge in [-0.1, -0.05) is 29.8 Å². The Hall–Kier alpha value is -3.29. The molecule has 7 nitrogen and oxygen atoms in total. The zero-order valence-corrected chi connectivity index (χ0v) is 16.8. The third kappa shape index (κ3) is 3.77. The fourth-order valence-corrected chi connectivity index (χ4v) is 3.72. The molecule has 1 aliphatic heterocycles. The number of pyridine rings is 1. The van der Waals surface area contributed by atoms with Crippen LogP contribution in [0.15, 0.2) is 54.6 Å². The van der Waals surface area contributed by atoms with E-state index in [9.17, 15) is 5.11 Å². The Kier molecular flexibility index (Phi) is 4.90. The average Bonchev–Trinajstić information content (AvgIpc) is 3.15. The molecule has 5 rings (SSSR count). The van der Waals surface area contributed by atoms with E-state index in [1.807, 2.05) is 12.1 Å². The van der Waals surface area contributed by atoms with Gasteiger partial charge in [-0.2, -0.15) is 4.98 Å². The summed E-state index contributed by atoms with van der Waals surface area (Å²) in [6.07, 6.45) is 0. The lowest BCUT2D eigenvalue weighted by Gasteiger charge is -2.28. The predicted octanol–water partition coefficient (Wildman–Crippen LogP) is 4.61. The molecule has 0 spiro atoms. The zero-order chi connectivity index (χ0) is 20.5. The number of aromatic nitrogens is 3. The molecule has 4 aromatic rings. The number of H-pyrrole nitrogens is 1. The highest BCUT2D eigenvalue weighted by Gasteiger charge is 2.14. The highest BCUT2D eigenvalue weighted by Crippen LogP contribution is 2.32. The number of anilines is 1. The number of imidazole rings is 1. The maximum atomic E-state index is 9.58. The van der Waals surface area contributed by atoms with E-state index in [1.54, 1.807) is 24.3 Å². The summed E-state index contributed by atoms with van der Waals surface area (Å²) in [5.41, 5.74) is 3.90. The number of hydrogen-bond acceptors (Lipinski definition) is 6. The molecule has 1 fully saturated rings. The number of nitrogens with zero attached hydrogens (tertiary/aromatic N) is 3. The van der Waals surface area contributed by atoms with Gasteiger partial charge in [-0.05, 0) is 30.3 Å². The minimum atomic E-state index is 0.118. The number of aromatic amines is 1. The first-order valence-corrected chi connectivity index (χ1v) is 10.00. The number of aromatic hydroxyl groups is 1. The Morgan fingerprint density at radius 1 is 1.03 bits per heavy atom. The van der Waals surface area contributed by atoms with Gasteiger partial charge in [0, 0.05) is 30.4 Å². The van der Waals surface area contributed by atoms with E-state index in [-0.39, 0.29) is 11.8 Å². The van der Waals surface area contributed by atoms with Gasteiger partial charge in [-0.3, -0.25) is 0 Å². The summed E-state index contributed by atoms with van der Waals surface area (Å²) in [6.45, 7) is 3.27. The Morgan fingerprint density at radius 2 is 1.83 bits per heavy atom. The fourth-order valence-electron chi connectivity index (χ4n) is 3.46. The van der Waals surface area contributed by atoms with Crippen LogP contribution in [0.2, 0.25) is 5.02 Å². The number of halogens is 1. The number of benzene rings is 2. The second kappa shape index (κ2) is 7.85. The third-order valence-electron chi connectivity index (χ3n) is 4.95. The van der Waals surface area contributed by atoms with Crippen LogP contribution in [0.3, 0.4) is 0 Å². The molecule has 2 aromatic carbocycles. The van der Waals surface area contributed by atoms with E-state index in [1.165, 1.54) is 6.07 Å². The molecule has 152 valence electrons. The first-order valence-electron chi connectivity index (χ1n) is 9.62. The van der Waals surface area contributed by atoms with E-state index in [0.717, 1.165) is 37.6 Å². The molecule has 0 unspecified atom stereocenters.